The molecule has 1 aromatic heterocycles. The summed E-state index contributed by atoms with van der Waals surface area (Å²) in [5.74, 6) is 1.69. The van der Waals surface area contributed by atoms with E-state index in [9.17, 15) is 4.79 Å². The predicted octanol–water partition coefficient (Wildman–Crippen LogP) is 1.80. The maximum atomic E-state index is 12.1. The fourth-order valence-corrected chi connectivity index (χ4v) is 3.88. The van der Waals surface area contributed by atoms with E-state index in [1.165, 1.54) is 0 Å². The topological polar surface area (TPSA) is 73.3 Å². The van der Waals surface area contributed by atoms with Gasteiger partial charge >= 0.3 is 5.97 Å². The molecule has 3 rings (SSSR count). The van der Waals surface area contributed by atoms with E-state index in [4.69, 9.17) is 4.74 Å². The van der Waals surface area contributed by atoms with E-state index in [2.05, 4.69) is 49.2 Å². The van der Waals surface area contributed by atoms with Gasteiger partial charge in [0.2, 0.25) is 0 Å². The third kappa shape index (κ3) is 6.69. The molecule has 2 aliphatic rings. The number of nitrogens with one attached hydrogen (secondary N) is 1. The number of hydrogen-bond donors (Lipinski definition) is 1. The standard InChI is InChI=1S/C21H34N6O2.HI/c1-4-29-20(28)18-6-5-9-27(16-18)21(22-2)24-15-17-7-8-19(23-14-17)26-12-10-25(3)11-13-26;/h7-8,14,18H,4-6,9-13,15-16H2,1-3H3,(H,22,24);1H. The summed E-state index contributed by atoms with van der Waals surface area (Å²) in [5.41, 5.74) is 1.11. The molecule has 2 saturated heterocycles. The zero-order valence-electron chi connectivity index (χ0n) is 18.3. The van der Waals surface area contributed by atoms with Gasteiger partial charge in [-0.15, -0.1) is 24.0 Å². The molecule has 1 unspecified atom stereocenters. The Bertz CT molecular complexity index is 691. The summed E-state index contributed by atoms with van der Waals surface area (Å²) in [6.45, 7) is 8.67. The average molecular weight is 530 g/mol. The van der Waals surface area contributed by atoms with Crippen LogP contribution in [0.1, 0.15) is 25.3 Å². The second kappa shape index (κ2) is 12.3. The van der Waals surface area contributed by atoms with E-state index in [1.807, 2.05) is 13.1 Å². The molecule has 1 N–H and O–H groups in total. The number of aromatic nitrogens is 1. The lowest BCUT2D eigenvalue weighted by Gasteiger charge is -2.34. The van der Waals surface area contributed by atoms with Crippen LogP contribution in [0.15, 0.2) is 23.3 Å². The van der Waals surface area contributed by atoms with Crippen molar-refractivity contribution in [1.82, 2.24) is 20.1 Å². The Morgan fingerprint density at radius 1 is 1.27 bits per heavy atom. The van der Waals surface area contributed by atoms with Gasteiger partial charge in [0.05, 0.1) is 12.5 Å². The molecule has 168 valence electrons. The van der Waals surface area contributed by atoms with Crippen LogP contribution in [0.5, 0.6) is 0 Å². The molecule has 1 aromatic rings. The SMILES string of the molecule is CCOC(=O)C1CCCN(C(=NC)NCc2ccc(N3CCN(C)CC3)nc2)C1.I. The highest BCUT2D eigenvalue weighted by Gasteiger charge is 2.28. The van der Waals surface area contributed by atoms with Gasteiger partial charge in [0.15, 0.2) is 5.96 Å². The quantitative estimate of drug-likeness (QED) is 0.270. The molecule has 0 saturated carbocycles. The molecule has 0 amide bonds. The van der Waals surface area contributed by atoms with Crippen LogP contribution in [0, 0.1) is 5.92 Å². The van der Waals surface area contributed by atoms with Gasteiger partial charge in [0.25, 0.3) is 0 Å². The third-order valence-corrected chi connectivity index (χ3v) is 5.64. The number of anilines is 1. The molecule has 0 bridgehead atoms. The number of aliphatic imine (C=N–C) groups is 1. The van der Waals surface area contributed by atoms with Gasteiger partial charge < -0.3 is 24.8 Å². The Labute approximate surface area is 197 Å². The number of piperidine rings is 1. The summed E-state index contributed by atoms with van der Waals surface area (Å²) in [6, 6.07) is 4.22. The van der Waals surface area contributed by atoms with Crippen molar-refractivity contribution in [2.24, 2.45) is 10.9 Å². The Balaban J connectivity index is 0.00000320. The minimum atomic E-state index is -0.101. The second-order valence-corrected chi connectivity index (χ2v) is 7.75. The molecule has 0 aliphatic carbocycles. The first-order valence-corrected chi connectivity index (χ1v) is 10.6. The monoisotopic (exact) mass is 530 g/mol. The largest absolute Gasteiger partial charge is 0.466 e. The van der Waals surface area contributed by atoms with E-state index < -0.39 is 0 Å². The lowest BCUT2D eigenvalue weighted by molar-refractivity contribution is -0.149. The minimum Gasteiger partial charge on any atom is -0.466 e. The molecule has 0 aromatic carbocycles. The number of esters is 1. The lowest BCUT2D eigenvalue weighted by Crippen LogP contribution is -2.48. The van der Waals surface area contributed by atoms with Gasteiger partial charge in [-0.05, 0) is 38.4 Å². The summed E-state index contributed by atoms with van der Waals surface area (Å²) in [4.78, 5) is 28.0. The van der Waals surface area contributed by atoms with Crippen molar-refractivity contribution < 1.29 is 9.53 Å². The molecule has 2 fully saturated rings. The Morgan fingerprint density at radius 2 is 2.03 bits per heavy atom. The van der Waals surface area contributed by atoms with Crippen LogP contribution in [0.25, 0.3) is 0 Å². The van der Waals surface area contributed by atoms with Crippen LogP contribution in [0.3, 0.4) is 0 Å². The van der Waals surface area contributed by atoms with Gasteiger partial charge in [0.1, 0.15) is 5.82 Å². The van der Waals surface area contributed by atoms with Gasteiger partial charge in [-0.1, -0.05) is 6.07 Å². The van der Waals surface area contributed by atoms with Crippen molar-refractivity contribution in [3.05, 3.63) is 23.9 Å². The second-order valence-electron chi connectivity index (χ2n) is 7.75. The van der Waals surface area contributed by atoms with E-state index in [0.29, 0.717) is 19.7 Å². The maximum Gasteiger partial charge on any atom is 0.310 e. The van der Waals surface area contributed by atoms with Crippen molar-refractivity contribution in [3.8, 4) is 0 Å². The van der Waals surface area contributed by atoms with Crippen LogP contribution >= 0.6 is 24.0 Å². The molecular formula is C21H35IN6O2. The van der Waals surface area contributed by atoms with Crippen molar-refractivity contribution in [2.45, 2.75) is 26.3 Å². The zero-order valence-corrected chi connectivity index (χ0v) is 20.7. The van der Waals surface area contributed by atoms with Gasteiger partial charge in [-0.3, -0.25) is 9.79 Å². The number of likely N-dealkylation sites (tertiary alicyclic amines) is 1. The molecule has 2 aliphatic heterocycles. The van der Waals surface area contributed by atoms with Crippen molar-refractivity contribution in [3.63, 3.8) is 0 Å². The van der Waals surface area contributed by atoms with Crippen molar-refractivity contribution >= 4 is 41.7 Å². The lowest BCUT2D eigenvalue weighted by atomic mass is 9.98. The van der Waals surface area contributed by atoms with E-state index in [-0.39, 0.29) is 35.9 Å². The zero-order chi connectivity index (χ0) is 20.6. The van der Waals surface area contributed by atoms with Gasteiger partial charge in [0, 0.05) is 59.1 Å². The predicted molar refractivity (Wildman–Crippen MR) is 130 cm³/mol. The molecule has 0 radical (unpaired) electrons. The third-order valence-electron chi connectivity index (χ3n) is 5.64. The molecule has 8 nitrogen and oxygen atoms in total. The first kappa shape index (κ1) is 24.6. The number of nitrogens with zero attached hydrogens (tertiary/aromatic N) is 5. The number of likely N-dealkylation sites (N-methyl/N-ethyl adjacent to an activating group) is 1. The van der Waals surface area contributed by atoms with E-state index in [1.54, 1.807) is 7.05 Å². The van der Waals surface area contributed by atoms with Crippen LogP contribution in [0.2, 0.25) is 0 Å². The van der Waals surface area contributed by atoms with Crippen LogP contribution in [-0.4, -0.2) is 86.7 Å². The first-order valence-electron chi connectivity index (χ1n) is 10.6. The number of ether oxygens (including phenoxy) is 1. The van der Waals surface area contributed by atoms with E-state index >= 15 is 0 Å². The summed E-state index contributed by atoms with van der Waals surface area (Å²) < 4.78 is 5.20. The highest BCUT2D eigenvalue weighted by molar-refractivity contribution is 14.0. The number of hydrogen-bond acceptors (Lipinski definition) is 6. The van der Waals surface area contributed by atoms with Crippen LogP contribution in [0.4, 0.5) is 5.82 Å². The summed E-state index contributed by atoms with van der Waals surface area (Å²) >= 11 is 0. The number of pyridine rings is 1. The minimum absolute atomic E-state index is 0. The summed E-state index contributed by atoms with van der Waals surface area (Å²) in [5, 5.41) is 3.42. The molecule has 1 atom stereocenters. The molecule has 3 heterocycles. The molecule has 30 heavy (non-hydrogen) atoms. The van der Waals surface area contributed by atoms with Crippen LogP contribution in [-0.2, 0) is 16.1 Å². The smallest absolute Gasteiger partial charge is 0.310 e. The number of carbonyl (C=O) groups excluding carboxylic acids is 1. The fraction of sp³-hybridized carbons (Fsp3) is 0.667. The molecular weight excluding hydrogens is 495 g/mol. The Morgan fingerprint density at radius 3 is 2.67 bits per heavy atom. The number of piperazine rings is 1. The maximum absolute atomic E-state index is 12.1. The Kier molecular flexibility index (Phi) is 10.1. The van der Waals surface area contributed by atoms with Gasteiger partial charge in [-0.25, -0.2) is 4.98 Å². The Hall–Kier alpha value is -1.62. The van der Waals surface area contributed by atoms with Crippen LogP contribution < -0.4 is 10.2 Å². The normalized spacial score (nSPS) is 20.5. The average Bonchev–Trinajstić information content (AvgIpc) is 2.76. The number of rotatable bonds is 5. The highest BCUT2D eigenvalue weighted by atomic mass is 127. The van der Waals surface area contributed by atoms with Crippen molar-refractivity contribution in [1.29, 1.82) is 0 Å². The van der Waals surface area contributed by atoms with Crippen molar-refractivity contribution in [2.75, 3.05) is 64.9 Å². The number of halogens is 1. The van der Waals surface area contributed by atoms with E-state index in [0.717, 1.165) is 62.9 Å². The summed E-state index contributed by atoms with van der Waals surface area (Å²) in [6.07, 6.45) is 3.78. The van der Waals surface area contributed by atoms with Gasteiger partial charge in [-0.2, -0.15) is 0 Å². The fourth-order valence-electron chi connectivity index (χ4n) is 3.88. The summed E-state index contributed by atoms with van der Waals surface area (Å²) in [7, 11) is 3.94. The first-order chi connectivity index (χ1) is 14.1. The number of guanidine groups is 1. The molecule has 0 spiro atoms. The highest BCUT2D eigenvalue weighted by Crippen LogP contribution is 2.18. The molecule has 9 heteroatoms. The number of carbonyl (C=O) groups is 1.